The quantitative estimate of drug-likeness (QED) is 0.267. The Morgan fingerprint density at radius 3 is 2.71 bits per heavy atom. The van der Waals surface area contributed by atoms with Gasteiger partial charge in [-0.1, -0.05) is 21.1 Å². The standard InChI is InChI=1S/C23H24BrN5O5/c1-32-18-5-2-16(3-6-18)13-25-34-14-21(30)26-27-22-19-12-17(24)4-7-20(19)29(23(22)31)15-28-8-10-33-11-9-28/h2-7,12-13,31H,8-11,14-15H2,1H3/b25-13-,27-26?. The van der Waals surface area contributed by atoms with Gasteiger partial charge in [0.2, 0.25) is 5.88 Å². The van der Waals surface area contributed by atoms with Crippen molar-refractivity contribution in [1.29, 1.82) is 0 Å². The smallest absolute Gasteiger partial charge is 0.304 e. The molecular formula is C23H24BrN5O5. The fraction of sp³-hybridized carbons (Fsp3) is 0.304. The molecule has 2 heterocycles. The van der Waals surface area contributed by atoms with E-state index in [1.54, 1.807) is 35.9 Å². The number of rotatable bonds is 8. The fourth-order valence-corrected chi connectivity index (χ4v) is 3.86. The van der Waals surface area contributed by atoms with E-state index >= 15 is 0 Å². The monoisotopic (exact) mass is 529 g/mol. The first-order valence-corrected chi connectivity index (χ1v) is 11.4. The van der Waals surface area contributed by atoms with Crippen molar-refractivity contribution >= 4 is 44.6 Å². The molecule has 34 heavy (non-hydrogen) atoms. The zero-order valence-corrected chi connectivity index (χ0v) is 20.1. The van der Waals surface area contributed by atoms with E-state index in [1.165, 1.54) is 6.21 Å². The molecule has 1 saturated heterocycles. The van der Waals surface area contributed by atoms with E-state index in [0.29, 0.717) is 25.3 Å². The molecule has 0 unspecified atom stereocenters. The number of ether oxygens (including phenoxy) is 2. The van der Waals surface area contributed by atoms with Crippen molar-refractivity contribution in [2.45, 2.75) is 6.67 Å². The van der Waals surface area contributed by atoms with E-state index in [9.17, 15) is 9.90 Å². The molecule has 0 radical (unpaired) electrons. The number of benzene rings is 2. The van der Waals surface area contributed by atoms with Gasteiger partial charge in [-0.05, 0) is 48.0 Å². The van der Waals surface area contributed by atoms with Crippen molar-refractivity contribution in [2.75, 3.05) is 40.0 Å². The Labute approximate surface area is 204 Å². The molecule has 1 fully saturated rings. The van der Waals surface area contributed by atoms with Gasteiger partial charge in [-0.3, -0.25) is 14.3 Å². The van der Waals surface area contributed by atoms with E-state index < -0.39 is 5.91 Å². The van der Waals surface area contributed by atoms with Gasteiger partial charge in [0.15, 0.2) is 12.3 Å². The van der Waals surface area contributed by atoms with Gasteiger partial charge >= 0.3 is 5.91 Å². The molecule has 0 bridgehead atoms. The Morgan fingerprint density at radius 1 is 1.21 bits per heavy atom. The SMILES string of the molecule is COc1ccc(/C=N\OCC(=O)N=Nc2c(O)n(CN3CCOCC3)c3ccc(Br)cc23)cc1. The lowest BCUT2D eigenvalue weighted by Crippen LogP contribution is -2.37. The highest BCUT2D eigenvalue weighted by Crippen LogP contribution is 2.40. The maximum absolute atomic E-state index is 12.2. The predicted octanol–water partition coefficient (Wildman–Crippen LogP) is 4.07. The topological polar surface area (TPSA) is 110 Å². The number of nitrogens with zero attached hydrogens (tertiary/aromatic N) is 5. The number of azo groups is 1. The van der Waals surface area contributed by atoms with Crippen LogP contribution in [-0.4, -0.2) is 66.7 Å². The first-order chi connectivity index (χ1) is 16.5. The number of fused-ring (bicyclic) bond motifs is 1. The lowest BCUT2D eigenvalue weighted by atomic mass is 10.2. The summed E-state index contributed by atoms with van der Waals surface area (Å²) in [5.74, 6) is 0.0418. The van der Waals surface area contributed by atoms with E-state index in [1.807, 2.05) is 18.2 Å². The van der Waals surface area contributed by atoms with Crippen molar-refractivity contribution in [2.24, 2.45) is 15.4 Å². The molecule has 3 aromatic rings. The van der Waals surface area contributed by atoms with Gasteiger partial charge in [-0.15, -0.1) is 10.2 Å². The first kappa shape index (κ1) is 23.9. The lowest BCUT2D eigenvalue weighted by Gasteiger charge is -2.27. The predicted molar refractivity (Wildman–Crippen MR) is 130 cm³/mol. The average molecular weight is 530 g/mol. The second kappa shape index (κ2) is 11.2. The Hall–Kier alpha value is -3.28. The van der Waals surface area contributed by atoms with Crippen molar-refractivity contribution in [3.63, 3.8) is 0 Å². The van der Waals surface area contributed by atoms with Gasteiger partial charge in [-0.25, -0.2) is 0 Å². The number of hydrogen-bond acceptors (Lipinski definition) is 8. The molecule has 1 aliphatic rings. The molecule has 0 aliphatic carbocycles. The molecule has 10 nitrogen and oxygen atoms in total. The molecule has 1 amide bonds. The van der Waals surface area contributed by atoms with Crippen LogP contribution in [0.1, 0.15) is 5.56 Å². The van der Waals surface area contributed by atoms with E-state index in [-0.39, 0.29) is 18.2 Å². The Kier molecular flexibility index (Phi) is 7.88. The minimum atomic E-state index is -0.629. The number of morpholine rings is 1. The number of amides is 1. The van der Waals surface area contributed by atoms with Crippen molar-refractivity contribution in [3.05, 3.63) is 52.5 Å². The molecule has 4 rings (SSSR count). The zero-order chi connectivity index (χ0) is 23.9. The van der Waals surface area contributed by atoms with Crippen molar-refractivity contribution in [3.8, 4) is 11.6 Å². The van der Waals surface area contributed by atoms with Crippen LogP contribution in [0.15, 0.2) is 62.3 Å². The summed E-state index contributed by atoms with van der Waals surface area (Å²) in [6.45, 7) is 2.91. The van der Waals surface area contributed by atoms with Crippen LogP contribution in [0.2, 0.25) is 0 Å². The highest BCUT2D eigenvalue weighted by Gasteiger charge is 2.20. The zero-order valence-electron chi connectivity index (χ0n) is 18.6. The molecule has 0 atom stereocenters. The van der Waals surface area contributed by atoms with Gasteiger partial charge in [0.05, 0.1) is 38.7 Å². The number of carbonyl (C=O) groups excluding carboxylic acids is 1. The van der Waals surface area contributed by atoms with Gasteiger partial charge in [-0.2, -0.15) is 0 Å². The molecule has 2 aromatic carbocycles. The largest absolute Gasteiger partial charge is 0.497 e. The molecule has 178 valence electrons. The summed E-state index contributed by atoms with van der Waals surface area (Å²) in [5, 5.41) is 23.1. The molecule has 11 heteroatoms. The van der Waals surface area contributed by atoms with E-state index in [0.717, 1.165) is 34.4 Å². The number of methoxy groups -OCH3 is 1. The van der Waals surface area contributed by atoms with Crippen LogP contribution < -0.4 is 4.74 Å². The average Bonchev–Trinajstić information content (AvgIpc) is 3.11. The first-order valence-electron chi connectivity index (χ1n) is 10.6. The maximum atomic E-state index is 12.2. The Morgan fingerprint density at radius 2 is 1.97 bits per heavy atom. The van der Waals surface area contributed by atoms with Crippen LogP contribution >= 0.6 is 15.9 Å². The minimum absolute atomic E-state index is 0.0606. The maximum Gasteiger partial charge on any atom is 0.304 e. The fourth-order valence-electron chi connectivity index (χ4n) is 3.50. The molecule has 1 aromatic heterocycles. The lowest BCUT2D eigenvalue weighted by molar-refractivity contribution is -0.122. The number of carbonyl (C=O) groups is 1. The molecule has 1 aliphatic heterocycles. The third-order valence-corrected chi connectivity index (χ3v) is 5.75. The normalized spacial score (nSPS) is 14.9. The highest BCUT2D eigenvalue weighted by molar-refractivity contribution is 9.10. The number of halogens is 1. The van der Waals surface area contributed by atoms with Gasteiger partial charge in [0, 0.05) is 22.9 Å². The highest BCUT2D eigenvalue weighted by atomic mass is 79.9. The van der Waals surface area contributed by atoms with E-state index in [4.69, 9.17) is 14.3 Å². The van der Waals surface area contributed by atoms with Crippen LogP contribution in [0.3, 0.4) is 0 Å². The number of aromatic nitrogens is 1. The van der Waals surface area contributed by atoms with Crippen LogP contribution in [0.5, 0.6) is 11.6 Å². The Balaban J connectivity index is 1.44. The molecule has 1 N–H and O–H groups in total. The van der Waals surface area contributed by atoms with Gasteiger partial charge in [0.1, 0.15) is 5.75 Å². The van der Waals surface area contributed by atoms with Gasteiger partial charge in [0.25, 0.3) is 0 Å². The van der Waals surface area contributed by atoms with Crippen LogP contribution in [0.4, 0.5) is 5.69 Å². The second-order valence-corrected chi connectivity index (χ2v) is 8.42. The molecule has 0 saturated carbocycles. The van der Waals surface area contributed by atoms with Crippen LogP contribution in [-0.2, 0) is 21.0 Å². The molecular weight excluding hydrogens is 506 g/mol. The van der Waals surface area contributed by atoms with Gasteiger partial charge < -0.3 is 19.4 Å². The van der Waals surface area contributed by atoms with Crippen LogP contribution in [0.25, 0.3) is 10.9 Å². The third kappa shape index (κ3) is 5.79. The third-order valence-electron chi connectivity index (χ3n) is 5.26. The summed E-state index contributed by atoms with van der Waals surface area (Å²) >= 11 is 3.45. The molecule has 0 spiro atoms. The number of hydrogen-bond donors (Lipinski definition) is 1. The number of aromatic hydroxyl groups is 1. The summed E-state index contributed by atoms with van der Waals surface area (Å²) in [6.07, 6.45) is 1.48. The summed E-state index contributed by atoms with van der Waals surface area (Å²) in [5.41, 5.74) is 1.80. The van der Waals surface area contributed by atoms with Crippen LogP contribution in [0, 0.1) is 0 Å². The summed E-state index contributed by atoms with van der Waals surface area (Å²) in [4.78, 5) is 19.4. The van der Waals surface area contributed by atoms with Crippen molar-refractivity contribution in [1.82, 2.24) is 9.47 Å². The summed E-state index contributed by atoms with van der Waals surface area (Å²) in [7, 11) is 1.59. The van der Waals surface area contributed by atoms with Crippen molar-refractivity contribution < 1.29 is 24.2 Å². The summed E-state index contributed by atoms with van der Waals surface area (Å²) in [6, 6.07) is 12.8. The second-order valence-electron chi connectivity index (χ2n) is 7.51. The Bertz CT molecular complexity index is 1200. The van der Waals surface area contributed by atoms with E-state index in [2.05, 4.69) is 36.2 Å². The summed E-state index contributed by atoms with van der Waals surface area (Å²) < 4.78 is 13.1. The minimum Gasteiger partial charge on any atom is -0.497 e. The number of oxime groups is 1.